The zero-order valence-electron chi connectivity index (χ0n) is 9.91. The van der Waals surface area contributed by atoms with Crippen LogP contribution in [0.4, 0.5) is 0 Å². The van der Waals surface area contributed by atoms with Gasteiger partial charge in [-0.15, -0.1) is 0 Å². The van der Waals surface area contributed by atoms with Crippen LogP contribution in [0.25, 0.3) is 0 Å². The number of aryl methyl sites for hydroxylation is 1. The lowest BCUT2D eigenvalue weighted by Crippen LogP contribution is -1.99. The Balaban J connectivity index is 2.56. The van der Waals surface area contributed by atoms with Gasteiger partial charge in [-0.2, -0.15) is 0 Å². The van der Waals surface area contributed by atoms with E-state index in [0.717, 1.165) is 24.2 Å². The first-order chi connectivity index (χ1) is 8.13. The zero-order valence-corrected chi connectivity index (χ0v) is 10.7. The summed E-state index contributed by atoms with van der Waals surface area (Å²) in [5, 5.41) is 9.17. The highest BCUT2D eigenvalue weighted by Gasteiger charge is 2.05. The number of ether oxygens (including phenoxy) is 1. The van der Waals surface area contributed by atoms with Crippen LogP contribution in [0.1, 0.15) is 31.7 Å². The van der Waals surface area contributed by atoms with Gasteiger partial charge in [-0.3, -0.25) is 4.79 Å². The molecule has 3 nitrogen and oxygen atoms in total. The molecular formula is C13H17ClO3. The summed E-state index contributed by atoms with van der Waals surface area (Å²) in [7, 11) is 0. The largest absolute Gasteiger partial charge is 0.494 e. The number of carboxylic acid groups (broad SMARTS) is 1. The standard InChI is InChI=1S/C13H17ClO3/c1-2-3-8-17-11-6-4-10(12(14)9-11)5-7-13(15)16/h4,6,9H,2-3,5,7-8H2,1H3,(H,15,16). The van der Waals surface area contributed by atoms with Gasteiger partial charge in [0.1, 0.15) is 5.75 Å². The van der Waals surface area contributed by atoms with Crippen molar-refractivity contribution in [2.24, 2.45) is 0 Å². The van der Waals surface area contributed by atoms with E-state index in [4.69, 9.17) is 21.4 Å². The lowest BCUT2D eigenvalue weighted by atomic mass is 10.1. The van der Waals surface area contributed by atoms with Gasteiger partial charge in [-0.1, -0.05) is 31.0 Å². The number of halogens is 1. The van der Waals surface area contributed by atoms with Gasteiger partial charge in [0.25, 0.3) is 0 Å². The Morgan fingerprint density at radius 1 is 1.47 bits per heavy atom. The highest BCUT2D eigenvalue weighted by molar-refractivity contribution is 6.31. The summed E-state index contributed by atoms with van der Waals surface area (Å²) in [5.41, 5.74) is 0.844. The highest BCUT2D eigenvalue weighted by Crippen LogP contribution is 2.23. The molecule has 0 spiro atoms. The molecule has 0 atom stereocenters. The molecule has 1 aromatic carbocycles. The fraction of sp³-hybridized carbons (Fsp3) is 0.462. The predicted molar refractivity (Wildman–Crippen MR) is 67.8 cm³/mol. The quantitative estimate of drug-likeness (QED) is 0.759. The minimum Gasteiger partial charge on any atom is -0.494 e. The van der Waals surface area contributed by atoms with Crippen molar-refractivity contribution in [2.75, 3.05) is 6.61 Å². The Labute approximate surface area is 106 Å². The van der Waals surface area contributed by atoms with E-state index in [1.165, 1.54) is 0 Å². The van der Waals surface area contributed by atoms with Crippen molar-refractivity contribution >= 4 is 17.6 Å². The Kier molecular flexibility index (Phi) is 5.84. The Morgan fingerprint density at radius 3 is 2.82 bits per heavy atom. The molecule has 0 aliphatic carbocycles. The normalized spacial score (nSPS) is 10.2. The molecule has 1 aromatic rings. The second kappa shape index (κ2) is 7.17. The van der Waals surface area contributed by atoms with Crippen molar-refractivity contribution in [1.29, 1.82) is 0 Å². The number of aliphatic carboxylic acids is 1. The maximum Gasteiger partial charge on any atom is 0.303 e. The van der Waals surface area contributed by atoms with E-state index >= 15 is 0 Å². The van der Waals surface area contributed by atoms with Crippen molar-refractivity contribution in [2.45, 2.75) is 32.6 Å². The van der Waals surface area contributed by atoms with Crippen molar-refractivity contribution in [3.05, 3.63) is 28.8 Å². The Bertz CT molecular complexity index is 377. The molecule has 0 aliphatic rings. The smallest absolute Gasteiger partial charge is 0.303 e. The second-order valence-electron chi connectivity index (χ2n) is 3.85. The molecule has 0 heterocycles. The third kappa shape index (κ3) is 5.09. The van der Waals surface area contributed by atoms with Gasteiger partial charge in [0.2, 0.25) is 0 Å². The minimum atomic E-state index is -0.815. The van der Waals surface area contributed by atoms with Gasteiger partial charge in [-0.05, 0) is 30.5 Å². The van der Waals surface area contributed by atoms with E-state index < -0.39 is 5.97 Å². The number of hydrogen-bond donors (Lipinski definition) is 1. The van der Waals surface area contributed by atoms with Crippen molar-refractivity contribution in [3.63, 3.8) is 0 Å². The van der Waals surface area contributed by atoms with Gasteiger partial charge in [0.05, 0.1) is 6.61 Å². The summed E-state index contributed by atoms with van der Waals surface area (Å²) < 4.78 is 5.51. The lowest BCUT2D eigenvalue weighted by molar-refractivity contribution is -0.136. The molecule has 17 heavy (non-hydrogen) atoms. The fourth-order valence-electron chi connectivity index (χ4n) is 1.40. The average molecular weight is 257 g/mol. The van der Waals surface area contributed by atoms with Crippen LogP contribution in [0, 0.1) is 0 Å². The first kappa shape index (κ1) is 13.8. The third-order valence-corrected chi connectivity index (χ3v) is 2.75. The number of hydrogen-bond acceptors (Lipinski definition) is 2. The zero-order chi connectivity index (χ0) is 12.7. The highest BCUT2D eigenvalue weighted by atomic mass is 35.5. The number of unbranched alkanes of at least 4 members (excludes halogenated alkanes) is 1. The second-order valence-corrected chi connectivity index (χ2v) is 4.26. The van der Waals surface area contributed by atoms with Crippen LogP contribution in [0.3, 0.4) is 0 Å². The maximum atomic E-state index is 10.5. The van der Waals surface area contributed by atoms with Crippen LogP contribution in [-0.2, 0) is 11.2 Å². The summed E-state index contributed by atoms with van der Waals surface area (Å²) in [6.45, 7) is 2.78. The van der Waals surface area contributed by atoms with E-state index in [1.807, 2.05) is 12.1 Å². The molecule has 4 heteroatoms. The molecule has 0 saturated heterocycles. The molecular weight excluding hydrogens is 240 g/mol. The molecule has 0 amide bonds. The Hall–Kier alpha value is -1.22. The first-order valence-corrected chi connectivity index (χ1v) is 6.14. The Morgan fingerprint density at radius 2 is 2.24 bits per heavy atom. The van der Waals surface area contributed by atoms with Crippen LogP contribution in [0.5, 0.6) is 5.75 Å². The summed E-state index contributed by atoms with van der Waals surface area (Å²) >= 11 is 6.05. The average Bonchev–Trinajstić information content (AvgIpc) is 2.28. The van der Waals surface area contributed by atoms with E-state index in [9.17, 15) is 4.79 Å². The first-order valence-electron chi connectivity index (χ1n) is 5.76. The van der Waals surface area contributed by atoms with Crippen LogP contribution in [0.2, 0.25) is 5.02 Å². The topological polar surface area (TPSA) is 46.5 Å². The van der Waals surface area contributed by atoms with Gasteiger partial charge in [-0.25, -0.2) is 0 Å². The molecule has 0 aromatic heterocycles. The predicted octanol–water partition coefficient (Wildman–Crippen LogP) is 3.54. The molecule has 0 bridgehead atoms. The van der Waals surface area contributed by atoms with Gasteiger partial charge < -0.3 is 9.84 Å². The van der Waals surface area contributed by atoms with Gasteiger partial charge in [0, 0.05) is 11.4 Å². The molecule has 1 N–H and O–H groups in total. The van der Waals surface area contributed by atoms with E-state index in [2.05, 4.69) is 6.92 Å². The van der Waals surface area contributed by atoms with E-state index in [1.54, 1.807) is 6.07 Å². The van der Waals surface area contributed by atoms with Crippen molar-refractivity contribution < 1.29 is 14.6 Å². The lowest BCUT2D eigenvalue weighted by Gasteiger charge is -2.08. The van der Waals surface area contributed by atoms with Crippen LogP contribution in [-0.4, -0.2) is 17.7 Å². The fourth-order valence-corrected chi connectivity index (χ4v) is 1.66. The van der Waals surface area contributed by atoms with Crippen LogP contribution < -0.4 is 4.74 Å². The molecule has 0 aliphatic heterocycles. The van der Waals surface area contributed by atoms with Gasteiger partial charge in [0.15, 0.2) is 0 Å². The summed E-state index contributed by atoms with van der Waals surface area (Å²) in [6, 6.07) is 5.40. The number of rotatable bonds is 7. The number of carboxylic acids is 1. The van der Waals surface area contributed by atoms with E-state index in [0.29, 0.717) is 18.1 Å². The molecule has 0 radical (unpaired) electrons. The van der Waals surface area contributed by atoms with Crippen LogP contribution in [0.15, 0.2) is 18.2 Å². The molecule has 0 saturated carbocycles. The SMILES string of the molecule is CCCCOc1ccc(CCC(=O)O)c(Cl)c1. The van der Waals surface area contributed by atoms with E-state index in [-0.39, 0.29) is 6.42 Å². The van der Waals surface area contributed by atoms with Crippen molar-refractivity contribution in [3.8, 4) is 5.75 Å². The minimum absolute atomic E-state index is 0.0930. The molecule has 0 fully saturated rings. The van der Waals surface area contributed by atoms with Crippen molar-refractivity contribution in [1.82, 2.24) is 0 Å². The number of benzene rings is 1. The van der Waals surface area contributed by atoms with Gasteiger partial charge >= 0.3 is 5.97 Å². The third-order valence-electron chi connectivity index (χ3n) is 2.40. The number of carbonyl (C=O) groups is 1. The monoisotopic (exact) mass is 256 g/mol. The maximum absolute atomic E-state index is 10.5. The van der Waals surface area contributed by atoms with Crippen LogP contribution >= 0.6 is 11.6 Å². The molecule has 94 valence electrons. The molecule has 1 rings (SSSR count). The summed E-state index contributed by atoms with van der Waals surface area (Å²) in [4.78, 5) is 10.5. The summed E-state index contributed by atoms with van der Waals surface area (Å²) in [5.74, 6) is -0.0770. The summed E-state index contributed by atoms with van der Waals surface area (Å²) in [6.07, 6.45) is 2.64. The molecule has 0 unspecified atom stereocenters.